The summed E-state index contributed by atoms with van der Waals surface area (Å²) in [4.78, 5) is 36.1. The van der Waals surface area contributed by atoms with Gasteiger partial charge in [-0.1, -0.05) is 13.8 Å². The first-order valence-corrected chi connectivity index (χ1v) is 9.43. The highest BCUT2D eigenvalue weighted by molar-refractivity contribution is 5.89. The number of hydrogen-bond acceptors (Lipinski definition) is 7. The molecule has 0 bridgehead atoms. The number of nitro groups is 1. The molecule has 0 aromatic heterocycles. The van der Waals surface area contributed by atoms with Crippen LogP contribution in [0.4, 0.5) is 0 Å². The molecule has 0 amide bonds. The number of ether oxygens (including phenoxy) is 3. The number of carbonyl (C=O) groups is 2. The van der Waals surface area contributed by atoms with Crippen LogP contribution in [0, 0.1) is 16.0 Å². The third kappa shape index (κ3) is 6.61. The van der Waals surface area contributed by atoms with Gasteiger partial charge >= 0.3 is 11.9 Å². The lowest BCUT2D eigenvalue weighted by molar-refractivity contribution is -0.532. The Kier molecular flexibility index (Phi) is 8.40. The lowest BCUT2D eigenvalue weighted by atomic mass is 9.82. The fraction of sp³-hybridized carbons (Fsp3) is 0.789. The van der Waals surface area contributed by atoms with Crippen molar-refractivity contribution in [2.45, 2.75) is 84.7 Å². The lowest BCUT2D eigenvalue weighted by Gasteiger charge is -2.34. The quantitative estimate of drug-likeness (QED) is 0.359. The van der Waals surface area contributed by atoms with E-state index < -0.39 is 40.5 Å². The topological polar surface area (TPSA) is 105 Å². The summed E-state index contributed by atoms with van der Waals surface area (Å²) in [6.45, 7) is 10.8. The van der Waals surface area contributed by atoms with Gasteiger partial charge in [-0.05, 0) is 46.6 Å². The summed E-state index contributed by atoms with van der Waals surface area (Å²) in [6, 6.07) is -1.32. The third-order valence-electron chi connectivity index (χ3n) is 4.31. The van der Waals surface area contributed by atoms with Gasteiger partial charge in [0.2, 0.25) is 6.04 Å². The average molecular weight is 385 g/mol. The largest absolute Gasteiger partial charge is 0.463 e. The van der Waals surface area contributed by atoms with Crippen LogP contribution in [0.15, 0.2) is 11.6 Å². The van der Waals surface area contributed by atoms with E-state index in [9.17, 15) is 19.7 Å². The molecule has 8 nitrogen and oxygen atoms in total. The zero-order chi connectivity index (χ0) is 20.8. The van der Waals surface area contributed by atoms with Crippen LogP contribution in [0.2, 0.25) is 0 Å². The summed E-state index contributed by atoms with van der Waals surface area (Å²) in [6.07, 6.45) is 1.54. The van der Waals surface area contributed by atoms with Crippen molar-refractivity contribution in [2.75, 3.05) is 6.61 Å². The van der Waals surface area contributed by atoms with Crippen LogP contribution in [0.1, 0.15) is 60.8 Å². The van der Waals surface area contributed by atoms with Crippen molar-refractivity contribution in [3.63, 3.8) is 0 Å². The molecule has 0 spiro atoms. The summed E-state index contributed by atoms with van der Waals surface area (Å²) in [5, 5.41) is 11.7. The Hall–Kier alpha value is -1.96. The van der Waals surface area contributed by atoms with Gasteiger partial charge in [0.05, 0.1) is 18.8 Å². The van der Waals surface area contributed by atoms with Crippen LogP contribution in [0.25, 0.3) is 0 Å². The molecule has 3 atom stereocenters. The molecule has 1 aliphatic rings. The molecule has 0 heterocycles. The Balaban J connectivity index is 3.31. The Morgan fingerprint density at radius 1 is 1.26 bits per heavy atom. The Bertz CT molecular complexity index is 575. The summed E-state index contributed by atoms with van der Waals surface area (Å²) < 4.78 is 16.4. The summed E-state index contributed by atoms with van der Waals surface area (Å²) in [7, 11) is 0. The smallest absolute Gasteiger partial charge is 0.334 e. The first kappa shape index (κ1) is 23.1. The highest BCUT2D eigenvalue weighted by atomic mass is 16.6. The zero-order valence-electron chi connectivity index (χ0n) is 17.0. The second-order valence-electron chi connectivity index (χ2n) is 7.57. The molecule has 0 fully saturated rings. The van der Waals surface area contributed by atoms with Crippen molar-refractivity contribution >= 4 is 11.9 Å². The number of esters is 2. The van der Waals surface area contributed by atoms with Gasteiger partial charge in [0, 0.05) is 16.9 Å². The molecule has 0 saturated carbocycles. The molecular formula is C19H31NO7. The Labute approximate surface area is 160 Å². The van der Waals surface area contributed by atoms with E-state index in [2.05, 4.69) is 0 Å². The van der Waals surface area contributed by atoms with E-state index in [-0.39, 0.29) is 24.7 Å². The molecule has 1 aliphatic carbocycles. The molecule has 154 valence electrons. The molecule has 0 N–H and O–H groups in total. The fourth-order valence-corrected chi connectivity index (χ4v) is 3.01. The van der Waals surface area contributed by atoms with Gasteiger partial charge in [0.15, 0.2) is 5.92 Å². The summed E-state index contributed by atoms with van der Waals surface area (Å²) >= 11 is 0. The van der Waals surface area contributed by atoms with Gasteiger partial charge in [0.25, 0.3) is 0 Å². The van der Waals surface area contributed by atoms with E-state index in [0.29, 0.717) is 12.8 Å². The molecule has 0 aromatic carbocycles. The summed E-state index contributed by atoms with van der Waals surface area (Å²) in [5.41, 5.74) is -0.627. The number of hydrogen-bond donors (Lipinski definition) is 0. The predicted molar refractivity (Wildman–Crippen MR) is 98.7 cm³/mol. The number of rotatable bonds is 8. The Morgan fingerprint density at radius 2 is 1.85 bits per heavy atom. The first-order valence-electron chi connectivity index (χ1n) is 9.43. The number of carbonyl (C=O) groups excluding carboxylic acids is 2. The zero-order valence-corrected chi connectivity index (χ0v) is 17.0. The van der Waals surface area contributed by atoms with Crippen LogP contribution in [-0.2, 0) is 23.8 Å². The normalized spacial score (nSPS) is 22.9. The van der Waals surface area contributed by atoms with Crippen molar-refractivity contribution in [3.8, 4) is 0 Å². The van der Waals surface area contributed by atoms with Gasteiger partial charge in [0.1, 0.15) is 5.60 Å². The fourth-order valence-electron chi connectivity index (χ4n) is 3.01. The van der Waals surface area contributed by atoms with E-state index in [4.69, 9.17) is 14.2 Å². The second-order valence-corrected chi connectivity index (χ2v) is 7.57. The minimum absolute atomic E-state index is 0.160. The molecule has 0 radical (unpaired) electrons. The van der Waals surface area contributed by atoms with Gasteiger partial charge in [-0.2, -0.15) is 0 Å². The maximum Gasteiger partial charge on any atom is 0.334 e. The van der Waals surface area contributed by atoms with E-state index in [1.165, 1.54) is 6.08 Å². The average Bonchev–Trinajstić information content (AvgIpc) is 2.57. The minimum Gasteiger partial charge on any atom is -0.463 e. The highest BCUT2D eigenvalue weighted by Gasteiger charge is 2.49. The first-order chi connectivity index (χ1) is 12.5. The van der Waals surface area contributed by atoms with Crippen molar-refractivity contribution in [1.82, 2.24) is 0 Å². The van der Waals surface area contributed by atoms with Gasteiger partial charge in [-0.15, -0.1) is 0 Å². The molecule has 0 saturated heterocycles. The third-order valence-corrected chi connectivity index (χ3v) is 4.31. The minimum atomic E-state index is -1.32. The molecule has 1 rings (SSSR count). The van der Waals surface area contributed by atoms with Crippen molar-refractivity contribution < 1.29 is 28.7 Å². The van der Waals surface area contributed by atoms with Crippen molar-refractivity contribution in [3.05, 3.63) is 21.8 Å². The number of nitrogens with zero attached hydrogens (tertiary/aromatic N) is 1. The predicted octanol–water partition coefficient (Wildman–Crippen LogP) is 3.06. The Morgan fingerprint density at radius 3 is 2.30 bits per heavy atom. The SMILES string of the molecule is CCOC(=O)C1=C[C@@H](OC(CC)CC)[C@H](C(=O)OC(C)(C)C)[C@H]([N+](=O)[O-])C1. The van der Waals surface area contributed by atoms with E-state index >= 15 is 0 Å². The van der Waals surface area contributed by atoms with Crippen LogP contribution < -0.4 is 0 Å². The van der Waals surface area contributed by atoms with Gasteiger partial charge in [-0.25, -0.2) is 4.79 Å². The van der Waals surface area contributed by atoms with E-state index in [0.717, 1.165) is 0 Å². The molecule has 0 aliphatic heterocycles. The second kappa shape index (κ2) is 9.82. The molecular weight excluding hydrogens is 354 g/mol. The monoisotopic (exact) mass is 385 g/mol. The van der Waals surface area contributed by atoms with Crippen LogP contribution in [0.3, 0.4) is 0 Å². The van der Waals surface area contributed by atoms with Crippen LogP contribution >= 0.6 is 0 Å². The standard InChI is InChI=1S/C19H31NO7/c1-7-13(8-2)26-15-11-12(17(21)25-9-3)10-14(20(23)24)16(15)18(22)27-19(4,5)6/h11,13-16H,7-10H2,1-6H3/t14-,15-,16-/m1/s1. The van der Waals surface area contributed by atoms with Crippen LogP contribution in [0.5, 0.6) is 0 Å². The summed E-state index contributed by atoms with van der Waals surface area (Å²) in [5.74, 6) is -2.44. The lowest BCUT2D eigenvalue weighted by Crippen LogP contribution is -2.49. The highest BCUT2D eigenvalue weighted by Crippen LogP contribution is 2.32. The maximum absolute atomic E-state index is 12.7. The molecule has 0 unspecified atom stereocenters. The maximum atomic E-state index is 12.7. The van der Waals surface area contributed by atoms with Gasteiger partial charge in [-0.3, -0.25) is 14.9 Å². The van der Waals surface area contributed by atoms with Crippen LogP contribution in [-0.4, -0.2) is 47.3 Å². The van der Waals surface area contributed by atoms with E-state index in [1.54, 1.807) is 27.7 Å². The van der Waals surface area contributed by atoms with E-state index in [1.807, 2.05) is 13.8 Å². The molecule has 8 heteroatoms. The van der Waals surface area contributed by atoms with Crippen molar-refractivity contribution in [1.29, 1.82) is 0 Å². The molecule has 0 aromatic rings. The van der Waals surface area contributed by atoms with Gasteiger partial charge < -0.3 is 14.2 Å². The van der Waals surface area contributed by atoms with Crippen molar-refractivity contribution in [2.24, 2.45) is 5.92 Å². The molecule has 27 heavy (non-hydrogen) atoms.